The van der Waals surface area contributed by atoms with Crippen molar-refractivity contribution in [2.45, 2.75) is 91.5 Å². The number of fused-ring (bicyclic) bond motifs is 2. The summed E-state index contributed by atoms with van der Waals surface area (Å²) in [6.07, 6.45) is 13.8. The average Bonchev–Trinajstić information content (AvgIpc) is 3.25. The van der Waals surface area contributed by atoms with Gasteiger partial charge in [0.15, 0.2) is 0 Å². The van der Waals surface area contributed by atoms with E-state index in [4.69, 9.17) is 0 Å². The van der Waals surface area contributed by atoms with Crippen LogP contribution in [0.15, 0.2) is 0 Å². The van der Waals surface area contributed by atoms with Gasteiger partial charge in [-0.05, 0) is 124 Å². The Kier molecular flexibility index (Phi) is 5.49. The van der Waals surface area contributed by atoms with Crippen molar-refractivity contribution in [1.82, 2.24) is 10.6 Å². The summed E-state index contributed by atoms with van der Waals surface area (Å²) < 4.78 is 0. The van der Waals surface area contributed by atoms with Crippen LogP contribution in [0.3, 0.4) is 0 Å². The van der Waals surface area contributed by atoms with Crippen LogP contribution in [0.4, 0.5) is 0 Å². The summed E-state index contributed by atoms with van der Waals surface area (Å²) in [7, 11) is 5.95. The molecule has 0 aromatic carbocycles. The molecule has 2 heteroatoms. The van der Waals surface area contributed by atoms with E-state index in [2.05, 4.69) is 45.4 Å². The lowest BCUT2D eigenvalue weighted by Gasteiger charge is -2.57. The first-order valence-corrected chi connectivity index (χ1v) is 12.6. The first-order valence-electron chi connectivity index (χ1n) is 12.6. The van der Waals surface area contributed by atoms with Gasteiger partial charge >= 0.3 is 0 Å². The Morgan fingerprint density at radius 3 is 2.14 bits per heavy atom. The van der Waals surface area contributed by atoms with Crippen LogP contribution >= 0.6 is 0 Å². The Bertz CT molecular complexity index is 575. The quantitative estimate of drug-likeness (QED) is 0.631. The van der Waals surface area contributed by atoms with E-state index in [1.807, 2.05) is 14.1 Å². The highest BCUT2D eigenvalue weighted by Gasteiger charge is 2.78. The maximum Gasteiger partial charge on any atom is 0.00927 e. The molecule has 0 radical (unpaired) electrons. The first-order chi connectivity index (χ1) is 13.3. The van der Waals surface area contributed by atoms with E-state index in [0.29, 0.717) is 5.41 Å². The molecule has 28 heavy (non-hydrogen) atoms. The van der Waals surface area contributed by atoms with Gasteiger partial charge in [-0.25, -0.2) is 0 Å². The minimum Gasteiger partial charge on any atom is -0.323 e. The highest BCUT2D eigenvalue weighted by atomic mass is 14.9. The molecular weight excluding hydrogens is 340 g/mol. The molecule has 2 N–H and O–H groups in total. The zero-order chi connectivity index (χ0) is 20.3. The van der Waals surface area contributed by atoms with Gasteiger partial charge in [0.2, 0.25) is 0 Å². The SMILES string of the molecule is CCC1C(C)CC2C3CCC4C(C)C(NC)CCC45CC35CCC12C.CNC. The summed E-state index contributed by atoms with van der Waals surface area (Å²) in [6.45, 7) is 10.3. The van der Waals surface area contributed by atoms with E-state index in [1.54, 1.807) is 44.9 Å². The molecule has 5 rings (SSSR count). The summed E-state index contributed by atoms with van der Waals surface area (Å²) in [5, 5.41) is 6.40. The van der Waals surface area contributed by atoms with Gasteiger partial charge in [-0.3, -0.25) is 0 Å². The molecule has 5 aliphatic carbocycles. The van der Waals surface area contributed by atoms with Gasteiger partial charge in [0, 0.05) is 6.04 Å². The lowest BCUT2D eigenvalue weighted by atomic mass is 9.48. The van der Waals surface area contributed by atoms with E-state index in [0.717, 1.165) is 52.4 Å². The molecular formula is C26H48N2. The summed E-state index contributed by atoms with van der Waals surface area (Å²) >= 11 is 0. The molecule has 0 amide bonds. The van der Waals surface area contributed by atoms with Gasteiger partial charge in [0.05, 0.1) is 0 Å². The van der Waals surface area contributed by atoms with Crippen LogP contribution < -0.4 is 10.6 Å². The Hall–Kier alpha value is -0.0800. The molecule has 5 fully saturated rings. The number of hydrogen-bond donors (Lipinski definition) is 2. The smallest absolute Gasteiger partial charge is 0.00927 e. The monoisotopic (exact) mass is 388 g/mol. The third-order valence-corrected chi connectivity index (χ3v) is 11.3. The third kappa shape index (κ3) is 2.58. The number of nitrogens with one attached hydrogen (secondary N) is 2. The fourth-order valence-electron chi connectivity index (χ4n) is 10.3. The molecule has 0 saturated heterocycles. The zero-order valence-electron chi connectivity index (χ0n) is 19.9. The largest absolute Gasteiger partial charge is 0.323 e. The van der Waals surface area contributed by atoms with E-state index >= 15 is 0 Å². The molecule has 0 bridgehead atoms. The van der Waals surface area contributed by atoms with Crippen molar-refractivity contribution < 1.29 is 0 Å². The summed E-state index contributed by atoms with van der Waals surface area (Å²) in [4.78, 5) is 0. The second kappa shape index (κ2) is 7.26. The highest BCUT2D eigenvalue weighted by molar-refractivity contribution is 5.27. The normalized spacial score (nSPS) is 56.5. The van der Waals surface area contributed by atoms with Crippen LogP contribution in [-0.4, -0.2) is 27.2 Å². The fourth-order valence-corrected chi connectivity index (χ4v) is 10.3. The molecule has 0 heterocycles. The standard InChI is InChI=1S/C24H41N.C2H7N/c1-6-17-15(2)13-20-19-8-7-18-16(3)21(25-5)9-10-23(18)14-24(19,23)12-11-22(17,20)4;1-3-2/h15-21,25H,6-14H2,1-5H3;3H,1-2H3. The Morgan fingerprint density at radius 2 is 1.50 bits per heavy atom. The third-order valence-electron chi connectivity index (χ3n) is 11.3. The summed E-state index contributed by atoms with van der Waals surface area (Å²) in [5.41, 5.74) is 2.24. The number of rotatable bonds is 2. The lowest BCUT2D eigenvalue weighted by Crippen LogP contribution is -2.52. The second-order valence-corrected chi connectivity index (χ2v) is 11.9. The van der Waals surface area contributed by atoms with Crippen molar-refractivity contribution >= 4 is 0 Å². The van der Waals surface area contributed by atoms with Gasteiger partial charge in [0.1, 0.15) is 0 Å². The minimum atomic E-state index is 0.675. The van der Waals surface area contributed by atoms with Crippen LogP contribution in [0.1, 0.15) is 85.5 Å². The molecule has 5 aliphatic rings. The van der Waals surface area contributed by atoms with Crippen molar-refractivity contribution in [2.24, 2.45) is 51.8 Å². The van der Waals surface area contributed by atoms with Crippen molar-refractivity contribution in [1.29, 1.82) is 0 Å². The highest BCUT2D eigenvalue weighted by Crippen LogP contribution is 2.86. The van der Waals surface area contributed by atoms with Crippen LogP contribution in [0.25, 0.3) is 0 Å². The van der Waals surface area contributed by atoms with Gasteiger partial charge in [0.25, 0.3) is 0 Å². The average molecular weight is 389 g/mol. The van der Waals surface area contributed by atoms with Crippen molar-refractivity contribution in [2.75, 3.05) is 21.1 Å². The summed E-state index contributed by atoms with van der Waals surface area (Å²) in [6, 6.07) is 0.787. The van der Waals surface area contributed by atoms with E-state index in [9.17, 15) is 0 Å². The van der Waals surface area contributed by atoms with Crippen LogP contribution in [0, 0.1) is 51.8 Å². The van der Waals surface area contributed by atoms with Gasteiger partial charge in [-0.1, -0.05) is 34.1 Å². The maximum absolute atomic E-state index is 3.65. The Morgan fingerprint density at radius 1 is 0.857 bits per heavy atom. The zero-order valence-corrected chi connectivity index (χ0v) is 19.9. The van der Waals surface area contributed by atoms with Crippen LogP contribution in [0.5, 0.6) is 0 Å². The summed E-state index contributed by atoms with van der Waals surface area (Å²) in [5.74, 6) is 6.04. The van der Waals surface area contributed by atoms with Crippen molar-refractivity contribution in [3.63, 3.8) is 0 Å². The predicted octanol–water partition coefficient (Wildman–Crippen LogP) is 5.72. The molecule has 0 aromatic rings. The fraction of sp³-hybridized carbons (Fsp3) is 1.00. The second-order valence-electron chi connectivity index (χ2n) is 11.9. The van der Waals surface area contributed by atoms with Gasteiger partial charge < -0.3 is 10.6 Å². The van der Waals surface area contributed by atoms with Crippen LogP contribution in [0.2, 0.25) is 0 Å². The van der Waals surface area contributed by atoms with Crippen molar-refractivity contribution in [3.8, 4) is 0 Å². The van der Waals surface area contributed by atoms with Gasteiger partial charge in [-0.15, -0.1) is 0 Å². The maximum atomic E-state index is 3.65. The minimum absolute atomic E-state index is 0.675. The molecule has 162 valence electrons. The van der Waals surface area contributed by atoms with Gasteiger partial charge in [-0.2, -0.15) is 0 Å². The van der Waals surface area contributed by atoms with Crippen molar-refractivity contribution in [3.05, 3.63) is 0 Å². The van der Waals surface area contributed by atoms with E-state index in [-0.39, 0.29) is 0 Å². The Labute approximate surface area is 175 Å². The molecule has 0 aromatic heterocycles. The molecule has 2 spiro atoms. The topological polar surface area (TPSA) is 24.1 Å². The number of hydrogen-bond acceptors (Lipinski definition) is 2. The molecule has 10 unspecified atom stereocenters. The predicted molar refractivity (Wildman–Crippen MR) is 120 cm³/mol. The Balaban J connectivity index is 0.000000604. The van der Waals surface area contributed by atoms with E-state index in [1.165, 1.54) is 12.8 Å². The lowest BCUT2D eigenvalue weighted by molar-refractivity contribution is -0.0791. The van der Waals surface area contributed by atoms with E-state index < -0.39 is 0 Å². The molecule has 2 nitrogen and oxygen atoms in total. The molecule has 0 aliphatic heterocycles. The molecule has 5 saturated carbocycles. The van der Waals surface area contributed by atoms with Crippen LogP contribution in [-0.2, 0) is 0 Å². The first kappa shape index (κ1) is 21.2. The molecule has 10 atom stereocenters.